The van der Waals surface area contributed by atoms with Gasteiger partial charge in [0, 0.05) is 24.7 Å². The average molecular weight is 330 g/mol. The van der Waals surface area contributed by atoms with Crippen LogP contribution in [-0.4, -0.2) is 41.7 Å². The van der Waals surface area contributed by atoms with E-state index in [0.29, 0.717) is 5.75 Å². The Morgan fingerprint density at radius 2 is 1.54 bits per heavy atom. The lowest BCUT2D eigenvalue weighted by atomic mass is 10.2. The number of para-hydroxylation sites is 1. The van der Waals surface area contributed by atoms with Crippen molar-refractivity contribution in [2.75, 3.05) is 19.7 Å². The number of aromatic hydroxyl groups is 2. The smallest absolute Gasteiger partial charge is 0.258 e. The van der Waals surface area contributed by atoms with Gasteiger partial charge in [-0.2, -0.15) is 0 Å². The topological polar surface area (TPSA) is 108 Å². The van der Waals surface area contributed by atoms with Crippen LogP contribution >= 0.6 is 0 Å². The molecule has 24 heavy (non-hydrogen) atoms. The molecule has 0 spiro atoms. The molecule has 0 atom stereocenters. The van der Waals surface area contributed by atoms with E-state index in [1.54, 1.807) is 12.1 Å². The van der Waals surface area contributed by atoms with Gasteiger partial charge in [0.2, 0.25) is 0 Å². The van der Waals surface area contributed by atoms with Crippen LogP contribution in [0.3, 0.4) is 0 Å². The molecule has 2 amide bonds. The van der Waals surface area contributed by atoms with Crippen LogP contribution in [-0.2, 0) is 4.79 Å². The fourth-order valence-electron chi connectivity index (χ4n) is 1.92. The van der Waals surface area contributed by atoms with Crippen LogP contribution in [0.4, 0.5) is 0 Å². The summed E-state index contributed by atoms with van der Waals surface area (Å²) in [6, 6.07) is 12.6. The number of phenols is 2. The maximum absolute atomic E-state index is 11.8. The Balaban J connectivity index is 1.67. The molecule has 2 aromatic rings. The van der Waals surface area contributed by atoms with Crippen molar-refractivity contribution < 1.29 is 24.5 Å². The second kappa shape index (κ2) is 8.42. The molecule has 0 bridgehead atoms. The summed E-state index contributed by atoms with van der Waals surface area (Å²) in [5, 5.41) is 23.8. The van der Waals surface area contributed by atoms with Gasteiger partial charge in [-0.15, -0.1) is 0 Å². The fraction of sp³-hybridized carbons (Fsp3) is 0.176. The third kappa shape index (κ3) is 5.53. The third-order valence-electron chi connectivity index (χ3n) is 3.01. The van der Waals surface area contributed by atoms with Crippen molar-refractivity contribution >= 4 is 11.8 Å². The second-order valence-electron chi connectivity index (χ2n) is 4.95. The molecule has 0 aliphatic heterocycles. The molecule has 7 nitrogen and oxygen atoms in total. The van der Waals surface area contributed by atoms with E-state index in [1.807, 2.05) is 18.2 Å². The van der Waals surface area contributed by atoms with Gasteiger partial charge >= 0.3 is 0 Å². The Morgan fingerprint density at radius 3 is 2.21 bits per heavy atom. The van der Waals surface area contributed by atoms with Crippen LogP contribution in [0, 0.1) is 0 Å². The average Bonchev–Trinajstić information content (AvgIpc) is 2.56. The van der Waals surface area contributed by atoms with Gasteiger partial charge in [0.15, 0.2) is 6.61 Å². The first-order chi connectivity index (χ1) is 11.5. The zero-order valence-corrected chi connectivity index (χ0v) is 12.9. The highest BCUT2D eigenvalue weighted by Gasteiger charge is 2.08. The maximum atomic E-state index is 11.8. The minimum absolute atomic E-state index is 0.113. The molecule has 0 heterocycles. The van der Waals surface area contributed by atoms with Gasteiger partial charge in [0.1, 0.15) is 17.2 Å². The first-order valence-corrected chi connectivity index (χ1v) is 7.30. The van der Waals surface area contributed by atoms with E-state index in [9.17, 15) is 19.8 Å². The Morgan fingerprint density at radius 1 is 0.917 bits per heavy atom. The fourth-order valence-corrected chi connectivity index (χ4v) is 1.92. The molecule has 0 radical (unpaired) electrons. The molecule has 0 fully saturated rings. The van der Waals surface area contributed by atoms with Gasteiger partial charge in [-0.05, 0) is 24.3 Å². The van der Waals surface area contributed by atoms with Crippen LogP contribution < -0.4 is 15.4 Å². The lowest BCUT2D eigenvalue weighted by Gasteiger charge is -2.09. The van der Waals surface area contributed by atoms with E-state index in [1.165, 1.54) is 12.1 Å². The summed E-state index contributed by atoms with van der Waals surface area (Å²) < 4.78 is 5.29. The highest BCUT2D eigenvalue weighted by atomic mass is 16.5. The van der Waals surface area contributed by atoms with Crippen molar-refractivity contribution in [3.05, 3.63) is 54.1 Å². The van der Waals surface area contributed by atoms with Crippen molar-refractivity contribution in [1.82, 2.24) is 10.6 Å². The minimum Gasteiger partial charge on any atom is -0.508 e. The van der Waals surface area contributed by atoms with Crippen LogP contribution in [0.2, 0.25) is 0 Å². The third-order valence-corrected chi connectivity index (χ3v) is 3.01. The van der Waals surface area contributed by atoms with Crippen molar-refractivity contribution in [2.45, 2.75) is 0 Å². The SMILES string of the molecule is O=C(COc1ccccc1)NCCNC(=O)c1cc(O)cc(O)c1. The first kappa shape index (κ1) is 17.1. The van der Waals surface area contributed by atoms with Gasteiger partial charge in [0.05, 0.1) is 0 Å². The van der Waals surface area contributed by atoms with Crippen LogP contribution in [0.15, 0.2) is 48.5 Å². The Labute approximate surface area is 138 Å². The number of phenolic OH excluding ortho intramolecular Hbond substituents is 2. The lowest BCUT2D eigenvalue weighted by molar-refractivity contribution is -0.123. The normalized spacial score (nSPS) is 10.0. The summed E-state index contributed by atoms with van der Waals surface area (Å²) in [7, 11) is 0. The second-order valence-corrected chi connectivity index (χ2v) is 4.95. The molecular weight excluding hydrogens is 312 g/mol. The zero-order chi connectivity index (χ0) is 17.4. The van der Waals surface area contributed by atoms with E-state index in [2.05, 4.69) is 10.6 Å². The predicted molar refractivity (Wildman–Crippen MR) is 87.1 cm³/mol. The van der Waals surface area contributed by atoms with Crippen LogP contribution in [0.25, 0.3) is 0 Å². The van der Waals surface area contributed by atoms with Crippen molar-refractivity contribution in [3.63, 3.8) is 0 Å². The molecule has 0 aliphatic rings. The van der Waals surface area contributed by atoms with Crippen molar-refractivity contribution in [2.24, 2.45) is 0 Å². The Bertz CT molecular complexity index is 683. The highest BCUT2D eigenvalue weighted by molar-refractivity contribution is 5.95. The molecular formula is C17H18N2O5. The number of ether oxygens (including phenoxy) is 1. The zero-order valence-electron chi connectivity index (χ0n) is 12.9. The van der Waals surface area contributed by atoms with Gasteiger partial charge in [0.25, 0.3) is 11.8 Å². The number of carbonyl (C=O) groups excluding carboxylic acids is 2. The van der Waals surface area contributed by atoms with E-state index >= 15 is 0 Å². The van der Waals surface area contributed by atoms with Crippen LogP contribution in [0.1, 0.15) is 10.4 Å². The molecule has 0 aliphatic carbocycles. The summed E-state index contributed by atoms with van der Waals surface area (Å²) in [4.78, 5) is 23.4. The van der Waals surface area contributed by atoms with E-state index in [-0.39, 0.29) is 42.7 Å². The standard InChI is InChI=1S/C17H18N2O5/c20-13-8-12(9-14(21)10-13)17(23)19-7-6-18-16(22)11-24-15-4-2-1-3-5-15/h1-5,8-10,20-21H,6-7,11H2,(H,18,22)(H,19,23). The van der Waals surface area contributed by atoms with Gasteiger partial charge in [-0.25, -0.2) is 0 Å². The van der Waals surface area contributed by atoms with E-state index < -0.39 is 5.91 Å². The number of hydrogen-bond donors (Lipinski definition) is 4. The largest absolute Gasteiger partial charge is 0.508 e. The molecule has 4 N–H and O–H groups in total. The molecule has 0 saturated heterocycles. The molecule has 7 heteroatoms. The number of hydrogen-bond acceptors (Lipinski definition) is 5. The predicted octanol–water partition coefficient (Wildman–Crippen LogP) is 1.02. The van der Waals surface area contributed by atoms with Gasteiger partial charge < -0.3 is 25.6 Å². The Hall–Kier alpha value is -3.22. The van der Waals surface area contributed by atoms with Crippen molar-refractivity contribution in [3.8, 4) is 17.2 Å². The molecule has 126 valence electrons. The number of amides is 2. The molecule has 2 aromatic carbocycles. The van der Waals surface area contributed by atoms with E-state index in [0.717, 1.165) is 6.07 Å². The van der Waals surface area contributed by atoms with E-state index in [4.69, 9.17) is 4.74 Å². The summed E-state index contributed by atoms with van der Waals surface area (Å²) in [6.07, 6.45) is 0. The molecule has 0 aromatic heterocycles. The number of nitrogens with one attached hydrogen (secondary N) is 2. The number of rotatable bonds is 7. The quantitative estimate of drug-likeness (QED) is 0.567. The summed E-state index contributed by atoms with van der Waals surface area (Å²) in [6.45, 7) is 0.318. The molecule has 0 unspecified atom stereocenters. The van der Waals surface area contributed by atoms with Gasteiger partial charge in [-0.1, -0.05) is 18.2 Å². The maximum Gasteiger partial charge on any atom is 0.258 e. The summed E-state index contributed by atoms with van der Waals surface area (Å²) in [5.74, 6) is -0.568. The van der Waals surface area contributed by atoms with Crippen molar-refractivity contribution in [1.29, 1.82) is 0 Å². The summed E-state index contributed by atoms with van der Waals surface area (Å²) >= 11 is 0. The molecule has 0 saturated carbocycles. The monoisotopic (exact) mass is 330 g/mol. The summed E-state index contributed by atoms with van der Waals surface area (Å²) in [5.41, 5.74) is 0.131. The number of carbonyl (C=O) groups is 2. The van der Waals surface area contributed by atoms with Gasteiger partial charge in [-0.3, -0.25) is 9.59 Å². The molecule has 2 rings (SSSR count). The lowest BCUT2D eigenvalue weighted by Crippen LogP contribution is -2.36. The minimum atomic E-state index is -0.462. The first-order valence-electron chi connectivity index (χ1n) is 7.30. The number of benzene rings is 2. The van der Waals surface area contributed by atoms with Crippen LogP contribution in [0.5, 0.6) is 17.2 Å². The Kier molecular flexibility index (Phi) is 6.01. The highest BCUT2D eigenvalue weighted by Crippen LogP contribution is 2.20.